The molecule has 0 spiro atoms. The van der Waals surface area contributed by atoms with Crippen LogP contribution in [-0.4, -0.2) is 5.54 Å². The number of nitrogens with zero attached hydrogens (tertiary/aromatic N) is 11. The predicted octanol–water partition coefficient (Wildman–Crippen LogP) is 2.74. The van der Waals surface area contributed by atoms with Gasteiger partial charge in [0, 0.05) is 0 Å². The number of rotatable bonds is 6. The van der Waals surface area contributed by atoms with Gasteiger partial charge in [0.1, 0.15) is 0 Å². The van der Waals surface area contributed by atoms with Crippen molar-refractivity contribution in [2.24, 2.45) is 55.7 Å². The minimum atomic E-state index is -1.50. The van der Waals surface area contributed by atoms with Gasteiger partial charge < -0.3 is 0 Å². The number of hydrogen-bond acceptors (Lipinski definition) is 4. The first-order valence-electron chi connectivity index (χ1n) is 4.24. The molecular formula is C4H10N12OPt. The van der Waals surface area contributed by atoms with E-state index in [1.165, 1.54) is 0 Å². The van der Waals surface area contributed by atoms with Crippen molar-refractivity contribution in [3.05, 3.63) is 0 Å². The Balaban J connectivity index is 3.87. The molecule has 18 heavy (non-hydrogen) atoms. The van der Waals surface area contributed by atoms with Crippen LogP contribution in [0.4, 0.5) is 0 Å². The number of hydrogen-bond donors (Lipinski definition) is 1. The van der Waals surface area contributed by atoms with E-state index in [-0.39, 0.29) is 5.54 Å². The molecule has 0 bridgehead atoms. The number of nitrogens with one attached hydrogen (secondary N) is 1. The van der Waals surface area contributed by atoms with Crippen LogP contribution in [0.3, 0.4) is 0 Å². The van der Waals surface area contributed by atoms with Crippen molar-refractivity contribution in [3.8, 4) is 0 Å². The van der Waals surface area contributed by atoms with Gasteiger partial charge in [0.05, 0.1) is 5.54 Å². The molecule has 0 radical (unpaired) electrons. The molecule has 14 heteroatoms. The summed E-state index contributed by atoms with van der Waals surface area (Å²) in [7, 11) is 0. The van der Waals surface area contributed by atoms with E-state index in [9.17, 15) is 3.40 Å². The van der Waals surface area contributed by atoms with Crippen LogP contribution in [0.1, 0.15) is 20.8 Å². The summed E-state index contributed by atoms with van der Waals surface area (Å²) in [6.07, 6.45) is 0. The van der Waals surface area contributed by atoms with Crippen LogP contribution in [0.5, 0.6) is 0 Å². The second-order valence-electron chi connectivity index (χ2n) is 3.31. The SMILES string of the molecule is CC(C)(C)N=NN=NN=NN=NN=NN[N]=[Pt]=[O]. The van der Waals surface area contributed by atoms with Crippen LogP contribution in [-0.2, 0) is 21.7 Å². The van der Waals surface area contributed by atoms with Gasteiger partial charge in [-0.15, -0.1) is 0 Å². The Morgan fingerprint density at radius 2 is 1.33 bits per heavy atom. The fraction of sp³-hybridized carbons (Fsp3) is 1.00. The monoisotopic (exact) mass is 437 g/mol. The standard InChI is InChI=1S/C4H10N12.O.Pt/c1-4(2,3)6-8-10-12-14-16-15-13-11-9-7-5;;/h1-3H3,(H,6,7,10,11,14,15);;. The van der Waals surface area contributed by atoms with Gasteiger partial charge >= 0.3 is 83.0 Å². The van der Waals surface area contributed by atoms with Crippen LogP contribution in [0.2, 0.25) is 0 Å². The zero-order valence-electron chi connectivity index (χ0n) is 9.64. The second-order valence-corrected chi connectivity index (χ2v) is 4.24. The summed E-state index contributed by atoms with van der Waals surface area (Å²) < 4.78 is 13.1. The van der Waals surface area contributed by atoms with Gasteiger partial charge in [-0.2, -0.15) is 0 Å². The van der Waals surface area contributed by atoms with E-state index in [0.717, 1.165) is 0 Å². The first kappa shape index (κ1) is 16.1. The zero-order chi connectivity index (χ0) is 13.7. The van der Waals surface area contributed by atoms with Crippen LogP contribution in [0.15, 0.2) is 55.7 Å². The van der Waals surface area contributed by atoms with Crippen molar-refractivity contribution >= 4 is 0 Å². The molecule has 0 fully saturated rings. The maximum absolute atomic E-state index is 9.91. The molecule has 0 aromatic rings. The molecule has 13 nitrogen and oxygen atoms in total. The molecule has 0 saturated heterocycles. The minimum absolute atomic E-state index is 0.333. The van der Waals surface area contributed by atoms with Gasteiger partial charge in [-0.1, -0.05) is 0 Å². The third-order valence-electron chi connectivity index (χ3n) is 0.775. The summed E-state index contributed by atoms with van der Waals surface area (Å²) >= 11 is -1.50. The topological polar surface area (TPSA) is 165 Å². The summed E-state index contributed by atoms with van der Waals surface area (Å²) in [5.41, 5.74) is 1.66. The van der Waals surface area contributed by atoms with E-state index in [1.807, 2.05) is 26.3 Å². The van der Waals surface area contributed by atoms with Gasteiger partial charge in [-0.25, -0.2) is 0 Å². The molecule has 0 aliphatic carbocycles. The molecule has 0 rings (SSSR count). The fourth-order valence-electron chi connectivity index (χ4n) is 0.329. The van der Waals surface area contributed by atoms with E-state index < -0.39 is 18.3 Å². The van der Waals surface area contributed by atoms with Crippen molar-refractivity contribution in [1.29, 1.82) is 0 Å². The molecule has 0 aromatic heterocycles. The Labute approximate surface area is 110 Å². The summed E-state index contributed by atoms with van der Waals surface area (Å²) in [5, 5.41) is 32.0. The van der Waals surface area contributed by atoms with E-state index >= 15 is 0 Å². The van der Waals surface area contributed by atoms with Gasteiger partial charge in [-0.3, -0.25) is 0 Å². The normalized spacial score (nSPS) is 13.9. The Morgan fingerprint density at radius 1 is 0.833 bits per heavy atom. The summed E-state index contributed by atoms with van der Waals surface area (Å²) in [6.45, 7) is 5.55. The van der Waals surface area contributed by atoms with Crippen molar-refractivity contribution < 1.29 is 21.7 Å². The summed E-state index contributed by atoms with van der Waals surface area (Å²) in [4.78, 5) is 0. The molecule has 1 N–H and O–H groups in total. The molecule has 0 aliphatic heterocycles. The molecule has 0 saturated carbocycles. The Kier molecular flexibility index (Phi) is 9.17. The van der Waals surface area contributed by atoms with Crippen molar-refractivity contribution in [1.82, 2.24) is 5.53 Å². The molecule has 0 aromatic carbocycles. The first-order valence-corrected chi connectivity index (χ1v) is 6.19. The maximum atomic E-state index is 9.91. The molecule has 0 aliphatic rings. The van der Waals surface area contributed by atoms with E-state index in [4.69, 9.17) is 0 Å². The molecule has 0 amide bonds. The Hall–Kier alpha value is -1.91. The average Bonchev–Trinajstić information content (AvgIpc) is 2.29. The van der Waals surface area contributed by atoms with Gasteiger partial charge in [0.2, 0.25) is 0 Å². The second kappa shape index (κ2) is 10.3. The molecular weight excluding hydrogens is 427 g/mol. The van der Waals surface area contributed by atoms with Crippen LogP contribution in [0.25, 0.3) is 0 Å². The van der Waals surface area contributed by atoms with Crippen LogP contribution in [0, 0.1) is 0 Å². The van der Waals surface area contributed by atoms with Crippen molar-refractivity contribution in [2.75, 3.05) is 0 Å². The first-order chi connectivity index (χ1) is 8.56. The third-order valence-corrected chi connectivity index (χ3v) is 1.21. The van der Waals surface area contributed by atoms with Gasteiger partial charge in [-0.05, 0) is 20.8 Å². The van der Waals surface area contributed by atoms with Crippen molar-refractivity contribution in [3.63, 3.8) is 0 Å². The van der Waals surface area contributed by atoms with Gasteiger partial charge in [0.15, 0.2) is 0 Å². The Morgan fingerprint density at radius 3 is 1.83 bits per heavy atom. The zero-order valence-corrected chi connectivity index (χ0v) is 11.9. The van der Waals surface area contributed by atoms with Crippen molar-refractivity contribution in [2.45, 2.75) is 26.3 Å². The summed E-state index contributed by atoms with van der Waals surface area (Å²) in [6, 6.07) is 0. The molecule has 0 heterocycles. The van der Waals surface area contributed by atoms with Crippen LogP contribution >= 0.6 is 0 Å². The summed E-state index contributed by atoms with van der Waals surface area (Å²) in [5.74, 6) is 0. The molecule has 0 unspecified atom stereocenters. The fourth-order valence-corrected chi connectivity index (χ4v) is 0.523. The average molecular weight is 437 g/mol. The van der Waals surface area contributed by atoms with E-state index in [1.54, 1.807) is 0 Å². The third kappa shape index (κ3) is 14.1. The molecule has 102 valence electrons. The van der Waals surface area contributed by atoms with Crippen LogP contribution < -0.4 is 5.53 Å². The van der Waals surface area contributed by atoms with Gasteiger partial charge in [0.25, 0.3) is 0 Å². The van der Waals surface area contributed by atoms with E-state index in [0.29, 0.717) is 0 Å². The quantitative estimate of drug-likeness (QED) is 0.499. The van der Waals surface area contributed by atoms with E-state index in [2.05, 4.69) is 55.7 Å². The Bertz CT molecular complexity index is 410. The molecule has 0 atom stereocenters. The predicted molar refractivity (Wildman–Crippen MR) is 50.3 cm³/mol.